The van der Waals surface area contributed by atoms with Gasteiger partial charge in [-0.25, -0.2) is 8.78 Å². The molecule has 0 bridgehead atoms. The fourth-order valence-electron chi connectivity index (χ4n) is 2.52. The predicted octanol–water partition coefficient (Wildman–Crippen LogP) is 5.43. The number of alkyl halides is 3. The molecule has 0 spiro atoms. The van der Waals surface area contributed by atoms with E-state index in [1.165, 1.54) is 22.9 Å². The van der Waals surface area contributed by atoms with Crippen LogP contribution in [0.2, 0.25) is 5.02 Å². The first-order valence-corrected chi connectivity index (χ1v) is 9.74. The van der Waals surface area contributed by atoms with Crippen LogP contribution in [0.1, 0.15) is 29.4 Å². The summed E-state index contributed by atoms with van der Waals surface area (Å²) in [5.41, 5.74) is -0.0964. The number of phenols is 1. The van der Waals surface area contributed by atoms with Gasteiger partial charge in [-0.1, -0.05) is 24.6 Å². The van der Waals surface area contributed by atoms with Gasteiger partial charge in [0.25, 0.3) is 5.91 Å². The van der Waals surface area contributed by atoms with E-state index in [9.17, 15) is 37.0 Å². The number of amides is 1. The van der Waals surface area contributed by atoms with Gasteiger partial charge >= 0.3 is 6.18 Å². The van der Waals surface area contributed by atoms with Gasteiger partial charge in [-0.2, -0.15) is 18.3 Å². The van der Waals surface area contributed by atoms with Crippen LogP contribution in [0.4, 0.5) is 27.6 Å². The molecule has 12 heteroatoms. The number of aliphatic hydroxyl groups is 1. The summed E-state index contributed by atoms with van der Waals surface area (Å²) in [7, 11) is 1.58. The zero-order chi connectivity index (χ0) is 24.9. The molecule has 2 aromatic carbocycles. The minimum Gasteiger partial charge on any atom is -0.507 e. The summed E-state index contributed by atoms with van der Waals surface area (Å²) in [6.45, 7) is 0.793. The Morgan fingerprint density at radius 3 is 2.33 bits per heavy atom. The lowest BCUT2D eigenvalue weighted by Gasteiger charge is -2.10. The zero-order valence-corrected chi connectivity index (χ0v) is 18.1. The Morgan fingerprint density at radius 2 is 1.82 bits per heavy atom. The largest absolute Gasteiger partial charge is 0.507 e. The number of nitrogens with one attached hydrogen (secondary N) is 1. The normalized spacial score (nSPS) is 11.1. The fraction of sp³-hybridized carbons (Fsp3) is 0.238. The SMILES string of the molecule is CCC(F)(F)F.Cn1nc(-c2cc(O)c(C(=O)Nc3c(F)cccc3Cl)cc2F)cc1CO. The lowest BCUT2D eigenvalue weighted by Crippen LogP contribution is -2.14. The Bertz CT molecular complexity index is 1130. The van der Waals surface area contributed by atoms with Gasteiger partial charge in [0, 0.05) is 19.0 Å². The van der Waals surface area contributed by atoms with Crippen molar-refractivity contribution in [2.75, 3.05) is 5.32 Å². The molecule has 0 unspecified atom stereocenters. The number of benzene rings is 2. The van der Waals surface area contributed by atoms with Gasteiger partial charge in [-0.3, -0.25) is 9.48 Å². The summed E-state index contributed by atoms with van der Waals surface area (Å²) in [6, 6.07) is 7.16. The zero-order valence-electron chi connectivity index (χ0n) is 17.3. The number of hydrogen-bond donors (Lipinski definition) is 3. The van der Waals surface area contributed by atoms with E-state index >= 15 is 0 Å². The lowest BCUT2D eigenvalue weighted by atomic mass is 10.1. The van der Waals surface area contributed by atoms with E-state index in [1.807, 2.05) is 0 Å². The molecule has 0 fully saturated rings. The molecule has 0 saturated carbocycles. The van der Waals surface area contributed by atoms with Crippen molar-refractivity contribution in [3.05, 3.63) is 64.3 Å². The topological polar surface area (TPSA) is 87.4 Å². The molecule has 0 atom stereocenters. The fourth-order valence-corrected chi connectivity index (χ4v) is 2.73. The molecule has 3 aromatic rings. The second-order valence-electron chi connectivity index (χ2n) is 6.67. The summed E-state index contributed by atoms with van der Waals surface area (Å²) in [4.78, 5) is 12.3. The van der Waals surface area contributed by atoms with Crippen molar-refractivity contribution in [2.24, 2.45) is 7.05 Å². The first-order valence-electron chi connectivity index (χ1n) is 9.36. The van der Waals surface area contributed by atoms with Crippen molar-refractivity contribution in [1.29, 1.82) is 0 Å². The van der Waals surface area contributed by atoms with Crippen LogP contribution in [0.3, 0.4) is 0 Å². The Labute approximate surface area is 190 Å². The summed E-state index contributed by atoms with van der Waals surface area (Å²) < 4.78 is 62.0. The maximum absolute atomic E-state index is 14.5. The predicted molar refractivity (Wildman–Crippen MR) is 112 cm³/mol. The standard InChI is InChI=1S/C18H14ClF2N3O3.C3H5F3/c1-24-9(8-25)5-15(23-24)10-7-16(26)11(6-14(10)21)18(27)22-17-12(19)3-2-4-13(17)20;1-2-3(4,5)6/h2-7,25-26H,8H2,1H3,(H,22,27);2H2,1H3. The van der Waals surface area contributed by atoms with Crippen LogP contribution in [-0.4, -0.2) is 32.1 Å². The quantitative estimate of drug-likeness (QED) is 0.425. The number of para-hydroxylation sites is 1. The highest BCUT2D eigenvalue weighted by Gasteiger charge is 2.22. The molecule has 0 aliphatic carbocycles. The Hall–Kier alpha value is -3.18. The molecule has 6 nitrogen and oxygen atoms in total. The highest BCUT2D eigenvalue weighted by atomic mass is 35.5. The maximum atomic E-state index is 14.5. The molecule has 1 amide bonds. The lowest BCUT2D eigenvalue weighted by molar-refractivity contribution is -0.130. The monoisotopic (exact) mass is 491 g/mol. The summed E-state index contributed by atoms with van der Waals surface area (Å²) in [5, 5.41) is 25.6. The smallest absolute Gasteiger partial charge is 0.388 e. The van der Waals surface area contributed by atoms with Crippen LogP contribution >= 0.6 is 11.6 Å². The number of aromatic hydroxyl groups is 1. The molecule has 178 valence electrons. The van der Waals surface area contributed by atoms with Crippen molar-refractivity contribution < 1.29 is 37.0 Å². The van der Waals surface area contributed by atoms with Crippen LogP contribution in [0.5, 0.6) is 5.75 Å². The van der Waals surface area contributed by atoms with Crippen LogP contribution < -0.4 is 5.32 Å². The van der Waals surface area contributed by atoms with Crippen molar-refractivity contribution in [3.63, 3.8) is 0 Å². The van der Waals surface area contributed by atoms with Crippen LogP contribution in [-0.2, 0) is 13.7 Å². The van der Waals surface area contributed by atoms with Gasteiger partial charge in [0.1, 0.15) is 17.4 Å². The third-order valence-corrected chi connectivity index (χ3v) is 4.66. The number of halogens is 6. The van der Waals surface area contributed by atoms with Crippen LogP contribution in [0.15, 0.2) is 36.4 Å². The number of aromatic nitrogens is 2. The average molecular weight is 492 g/mol. The number of nitrogens with zero attached hydrogens (tertiary/aromatic N) is 2. The van der Waals surface area contributed by atoms with Gasteiger partial charge in [0.15, 0.2) is 0 Å². The van der Waals surface area contributed by atoms with E-state index in [-0.39, 0.29) is 28.6 Å². The van der Waals surface area contributed by atoms with Gasteiger partial charge in [-0.15, -0.1) is 0 Å². The molecule has 3 rings (SSSR count). The van der Waals surface area contributed by atoms with Gasteiger partial charge in [-0.05, 0) is 30.3 Å². The second-order valence-corrected chi connectivity index (χ2v) is 7.08. The number of hydrogen-bond acceptors (Lipinski definition) is 4. The number of carbonyl (C=O) groups excluding carboxylic acids is 1. The molecule has 0 aliphatic rings. The van der Waals surface area contributed by atoms with E-state index in [1.54, 1.807) is 7.05 Å². The number of anilines is 1. The summed E-state index contributed by atoms with van der Waals surface area (Å²) in [6.07, 6.45) is -4.69. The van der Waals surface area contributed by atoms with E-state index in [0.717, 1.165) is 25.1 Å². The van der Waals surface area contributed by atoms with Crippen molar-refractivity contribution in [3.8, 4) is 17.0 Å². The molecule has 33 heavy (non-hydrogen) atoms. The second kappa shape index (κ2) is 10.6. The Balaban J connectivity index is 0.000000569. The van der Waals surface area contributed by atoms with Crippen molar-refractivity contribution in [1.82, 2.24) is 9.78 Å². The van der Waals surface area contributed by atoms with E-state index < -0.39 is 41.5 Å². The molecule has 0 radical (unpaired) electrons. The van der Waals surface area contributed by atoms with Crippen LogP contribution in [0, 0.1) is 11.6 Å². The highest BCUT2D eigenvalue weighted by molar-refractivity contribution is 6.34. The number of rotatable bonds is 4. The maximum Gasteiger partial charge on any atom is 0.388 e. The van der Waals surface area contributed by atoms with Gasteiger partial charge in [0.05, 0.1) is 34.3 Å². The third kappa shape index (κ3) is 6.65. The average Bonchev–Trinajstić information content (AvgIpc) is 3.12. The third-order valence-electron chi connectivity index (χ3n) is 4.35. The van der Waals surface area contributed by atoms with E-state index in [4.69, 9.17) is 11.6 Å². The van der Waals surface area contributed by atoms with E-state index in [2.05, 4.69) is 10.4 Å². The highest BCUT2D eigenvalue weighted by Crippen LogP contribution is 2.31. The molecule has 0 saturated heterocycles. The summed E-state index contributed by atoms with van der Waals surface area (Å²) in [5.74, 6) is -3.03. The van der Waals surface area contributed by atoms with E-state index in [0.29, 0.717) is 5.69 Å². The number of phenolic OH excluding ortho intramolecular Hbond substituents is 1. The molecule has 3 N–H and O–H groups in total. The number of aliphatic hydroxyl groups excluding tert-OH is 1. The minimum absolute atomic E-state index is 0.0371. The summed E-state index contributed by atoms with van der Waals surface area (Å²) >= 11 is 5.85. The molecule has 1 heterocycles. The van der Waals surface area contributed by atoms with Crippen molar-refractivity contribution >= 4 is 23.2 Å². The number of aryl methyl sites for hydroxylation is 1. The molecule has 1 aromatic heterocycles. The Morgan fingerprint density at radius 1 is 1.18 bits per heavy atom. The first kappa shape index (κ1) is 26.1. The first-order chi connectivity index (χ1) is 15.4. The minimum atomic E-state index is -3.96. The van der Waals surface area contributed by atoms with Crippen molar-refractivity contribution in [2.45, 2.75) is 26.1 Å². The molecule has 0 aliphatic heterocycles. The molecular formula is C21H19ClF5N3O3. The van der Waals surface area contributed by atoms with Crippen LogP contribution in [0.25, 0.3) is 11.3 Å². The van der Waals surface area contributed by atoms with Gasteiger partial charge in [0.2, 0.25) is 0 Å². The Kier molecular flexibility index (Phi) is 8.39. The molecular weight excluding hydrogens is 473 g/mol. The number of carbonyl (C=O) groups is 1. The van der Waals surface area contributed by atoms with Gasteiger partial charge < -0.3 is 15.5 Å².